The van der Waals surface area contributed by atoms with Crippen LogP contribution in [0.15, 0.2) is 16.6 Å². The molecule has 0 spiro atoms. The third kappa shape index (κ3) is 3.96. The number of rotatable bonds is 1. The van der Waals surface area contributed by atoms with Crippen LogP contribution >= 0.6 is 15.9 Å². The lowest BCUT2D eigenvalue weighted by Gasteiger charge is -2.20. The molecule has 17 heavy (non-hydrogen) atoms. The smallest absolute Gasteiger partial charge is 0.412 e. The quantitative estimate of drug-likeness (QED) is 0.794. The van der Waals surface area contributed by atoms with Crippen molar-refractivity contribution in [2.75, 3.05) is 5.32 Å². The van der Waals surface area contributed by atoms with E-state index in [0.29, 0.717) is 0 Å². The maximum atomic E-state index is 13.2. The molecule has 0 atom stereocenters. The number of carbonyl (C=O) groups excluding carboxylic acids is 1. The minimum atomic E-state index is -1.06. The zero-order valence-electron chi connectivity index (χ0n) is 9.61. The molecule has 0 aliphatic carbocycles. The first-order valence-corrected chi connectivity index (χ1v) is 5.63. The van der Waals surface area contributed by atoms with Gasteiger partial charge in [0.2, 0.25) is 0 Å². The lowest BCUT2D eigenvalue weighted by atomic mass is 10.2. The van der Waals surface area contributed by atoms with E-state index in [1.807, 2.05) is 0 Å². The summed E-state index contributed by atoms with van der Waals surface area (Å²) in [6.45, 7) is 5.10. The molecule has 1 rings (SSSR count). The number of hydrogen-bond acceptors (Lipinski definition) is 2. The van der Waals surface area contributed by atoms with Crippen LogP contribution in [0.5, 0.6) is 0 Å². The predicted molar refractivity (Wildman–Crippen MR) is 63.9 cm³/mol. The van der Waals surface area contributed by atoms with Gasteiger partial charge in [-0.25, -0.2) is 13.6 Å². The third-order valence-corrected chi connectivity index (χ3v) is 2.45. The van der Waals surface area contributed by atoms with Gasteiger partial charge in [-0.3, -0.25) is 5.32 Å². The minimum absolute atomic E-state index is 0.109. The molecule has 1 aromatic rings. The van der Waals surface area contributed by atoms with E-state index in [1.165, 1.54) is 6.07 Å². The molecule has 0 aliphatic rings. The van der Waals surface area contributed by atoms with E-state index >= 15 is 0 Å². The number of nitrogens with one attached hydrogen (secondary N) is 1. The molecule has 3 nitrogen and oxygen atoms in total. The van der Waals surface area contributed by atoms with Crippen molar-refractivity contribution in [3.63, 3.8) is 0 Å². The van der Waals surface area contributed by atoms with Gasteiger partial charge in [0.05, 0.1) is 10.2 Å². The second-order valence-corrected chi connectivity index (χ2v) is 5.14. The summed E-state index contributed by atoms with van der Waals surface area (Å²) in [5, 5.41) is 2.32. The molecule has 1 amide bonds. The molecule has 0 radical (unpaired) electrons. The molecule has 0 saturated heterocycles. The fraction of sp³-hybridized carbons (Fsp3) is 0.364. The second-order valence-electron chi connectivity index (χ2n) is 4.35. The van der Waals surface area contributed by atoms with Crippen molar-refractivity contribution in [3.8, 4) is 0 Å². The van der Waals surface area contributed by atoms with Crippen LogP contribution < -0.4 is 5.32 Å². The van der Waals surface area contributed by atoms with Gasteiger partial charge in [-0.05, 0) is 48.8 Å². The molecule has 0 fully saturated rings. The van der Waals surface area contributed by atoms with Gasteiger partial charge in [-0.1, -0.05) is 0 Å². The van der Waals surface area contributed by atoms with E-state index in [-0.39, 0.29) is 10.2 Å². The van der Waals surface area contributed by atoms with E-state index in [4.69, 9.17) is 4.74 Å². The maximum Gasteiger partial charge on any atom is 0.412 e. The van der Waals surface area contributed by atoms with Crippen molar-refractivity contribution < 1.29 is 18.3 Å². The van der Waals surface area contributed by atoms with Crippen molar-refractivity contribution >= 4 is 27.7 Å². The van der Waals surface area contributed by atoms with Crippen LogP contribution in [0.1, 0.15) is 20.8 Å². The Kier molecular flexibility index (Phi) is 4.08. The number of anilines is 1. The van der Waals surface area contributed by atoms with Crippen LogP contribution in [-0.4, -0.2) is 11.7 Å². The molecule has 0 heterocycles. The summed E-state index contributed by atoms with van der Waals surface area (Å²) in [4.78, 5) is 11.4. The van der Waals surface area contributed by atoms with Crippen LogP contribution in [-0.2, 0) is 4.74 Å². The molecule has 0 bridgehead atoms. The van der Waals surface area contributed by atoms with Gasteiger partial charge in [-0.2, -0.15) is 0 Å². The number of halogens is 3. The third-order valence-electron chi connectivity index (χ3n) is 1.67. The van der Waals surface area contributed by atoms with Gasteiger partial charge in [-0.15, -0.1) is 0 Å². The summed E-state index contributed by atoms with van der Waals surface area (Å²) in [5.74, 6) is -2.05. The summed E-state index contributed by atoms with van der Waals surface area (Å²) in [6, 6.07) is 2.17. The van der Waals surface area contributed by atoms with Crippen LogP contribution in [0.3, 0.4) is 0 Å². The van der Waals surface area contributed by atoms with E-state index in [1.54, 1.807) is 20.8 Å². The average Bonchev–Trinajstić information content (AvgIpc) is 2.16. The number of carbonyl (C=O) groups is 1. The fourth-order valence-corrected chi connectivity index (χ4v) is 1.46. The first-order valence-electron chi connectivity index (χ1n) is 4.84. The lowest BCUT2D eigenvalue weighted by molar-refractivity contribution is 0.0636. The van der Waals surface area contributed by atoms with Crippen molar-refractivity contribution in [1.82, 2.24) is 0 Å². The Balaban J connectivity index is 2.83. The Morgan fingerprint density at radius 2 is 1.94 bits per heavy atom. The highest BCUT2D eigenvalue weighted by molar-refractivity contribution is 9.10. The molecule has 0 unspecified atom stereocenters. The van der Waals surface area contributed by atoms with Crippen molar-refractivity contribution in [2.45, 2.75) is 26.4 Å². The van der Waals surface area contributed by atoms with Gasteiger partial charge in [0.1, 0.15) is 5.60 Å². The molecule has 0 aliphatic heterocycles. The molecule has 0 saturated carbocycles. The summed E-state index contributed by atoms with van der Waals surface area (Å²) in [6.07, 6.45) is -0.732. The number of benzene rings is 1. The average molecular weight is 308 g/mol. The number of amides is 1. The Morgan fingerprint density at radius 3 is 2.47 bits per heavy atom. The summed E-state index contributed by atoms with van der Waals surface area (Å²) < 4.78 is 30.8. The first kappa shape index (κ1) is 13.9. The molecule has 1 aromatic carbocycles. The SMILES string of the molecule is CC(C)(C)OC(=O)Nc1ccc(F)c(F)c1Br. The Bertz CT molecular complexity index is 444. The van der Waals surface area contributed by atoms with E-state index in [0.717, 1.165) is 6.07 Å². The van der Waals surface area contributed by atoms with E-state index in [2.05, 4.69) is 21.2 Å². The van der Waals surface area contributed by atoms with Gasteiger partial charge in [0.25, 0.3) is 0 Å². The second kappa shape index (κ2) is 5.00. The summed E-state index contributed by atoms with van der Waals surface area (Å²) in [7, 11) is 0. The van der Waals surface area contributed by atoms with Gasteiger partial charge in [0, 0.05) is 0 Å². The highest BCUT2D eigenvalue weighted by Gasteiger charge is 2.18. The fourth-order valence-electron chi connectivity index (χ4n) is 1.04. The normalized spacial score (nSPS) is 11.2. The first-order chi connectivity index (χ1) is 7.70. The monoisotopic (exact) mass is 307 g/mol. The van der Waals surface area contributed by atoms with Gasteiger partial charge < -0.3 is 4.74 Å². The molecular formula is C11H12BrF2NO2. The van der Waals surface area contributed by atoms with Crippen molar-refractivity contribution in [2.24, 2.45) is 0 Å². The topological polar surface area (TPSA) is 38.3 Å². The zero-order valence-corrected chi connectivity index (χ0v) is 11.2. The van der Waals surface area contributed by atoms with Crippen LogP contribution in [0.2, 0.25) is 0 Å². The van der Waals surface area contributed by atoms with Crippen LogP contribution in [0.25, 0.3) is 0 Å². The standard InChI is InChI=1S/C11H12BrF2NO2/c1-11(2,3)17-10(16)15-7-5-4-6(13)9(14)8(7)12/h4-5H,1-3H3,(H,15,16). The Hall–Kier alpha value is -1.17. The maximum absolute atomic E-state index is 13.2. The summed E-state index contributed by atoms with van der Waals surface area (Å²) >= 11 is 2.85. The number of ether oxygens (including phenoxy) is 1. The van der Waals surface area contributed by atoms with E-state index in [9.17, 15) is 13.6 Å². The molecule has 0 aromatic heterocycles. The number of hydrogen-bond donors (Lipinski definition) is 1. The lowest BCUT2D eigenvalue weighted by Crippen LogP contribution is -2.27. The molecule has 1 N–H and O–H groups in total. The minimum Gasteiger partial charge on any atom is -0.444 e. The predicted octanol–water partition coefficient (Wildman–Crippen LogP) is 4.07. The van der Waals surface area contributed by atoms with Crippen LogP contribution in [0, 0.1) is 11.6 Å². The largest absolute Gasteiger partial charge is 0.444 e. The summed E-state index contributed by atoms with van der Waals surface area (Å²) in [5.41, 5.74) is -0.548. The molecule has 6 heteroatoms. The van der Waals surface area contributed by atoms with Gasteiger partial charge >= 0.3 is 6.09 Å². The zero-order chi connectivity index (χ0) is 13.2. The van der Waals surface area contributed by atoms with E-state index < -0.39 is 23.3 Å². The highest BCUT2D eigenvalue weighted by atomic mass is 79.9. The Morgan fingerprint density at radius 1 is 1.35 bits per heavy atom. The van der Waals surface area contributed by atoms with Crippen molar-refractivity contribution in [1.29, 1.82) is 0 Å². The van der Waals surface area contributed by atoms with Gasteiger partial charge in [0.15, 0.2) is 11.6 Å². The highest BCUT2D eigenvalue weighted by Crippen LogP contribution is 2.27. The molecule has 94 valence electrons. The van der Waals surface area contributed by atoms with Crippen LogP contribution in [0.4, 0.5) is 19.3 Å². The molecular weight excluding hydrogens is 296 g/mol. The Labute approximate surface area is 106 Å². The van der Waals surface area contributed by atoms with Crippen molar-refractivity contribution in [3.05, 3.63) is 28.2 Å².